The third kappa shape index (κ3) is 2.82. The number of hydrogen-bond donors (Lipinski definition) is 1. The molecule has 1 aromatic heterocycles. The number of benzene rings is 1. The molecule has 0 bridgehead atoms. The van der Waals surface area contributed by atoms with Crippen LogP contribution in [0.5, 0.6) is 0 Å². The van der Waals surface area contributed by atoms with Crippen LogP contribution in [0.2, 0.25) is 0 Å². The van der Waals surface area contributed by atoms with Gasteiger partial charge in [0, 0.05) is 10.9 Å². The van der Waals surface area contributed by atoms with Gasteiger partial charge in [-0.1, -0.05) is 30.3 Å². The average Bonchev–Trinajstić information content (AvgIpc) is 2.67. The zero-order valence-corrected chi connectivity index (χ0v) is 10.9. The smallest absolute Gasteiger partial charge is 0.123 e. The van der Waals surface area contributed by atoms with Crippen LogP contribution in [0.15, 0.2) is 35.7 Å². The summed E-state index contributed by atoms with van der Waals surface area (Å²) in [4.78, 5) is 4.55. The van der Waals surface area contributed by atoms with Crippen LogP contribution in [0.3, 0.4) is 0 Å². The van der Waals surface area contributed by atoms with Gasteiger partial charge in [0.05, 0.1) is 11.2 Å². The quantitative estimate of drug-likeness (QED) is 0.892. The minimum Gasteiger partial charge on any atom is -0.321 e. The summed E-state index contributed by atoms with van der Waals surface area (Å²) in [7, 11) is 0. The molecule has 0 spiro atoms. The molecule has 0 fully saturated rings. The second-order valence-electron chi connectivity index (χ2n) is 4.13. The molecular weight excluding hydrogens is 240 g/mol. The molecule has 0 aliphatic rings. The zero-order valence-electron chi connectivity index (χ0n) is 9.31. The van der Waals surface area contributed by atoms with Gasteiger partial charge in [-0.2, -0.15) is 0 Å². The average molecular weight is 255 g/mol. The minimum absolute atomic E-state index is 0. The van der Waals surface area contributed by atoms with Gasteiger partial charge >= 0.3 is 0 Å². The maximum Gasteiger partial charge on any atom is 0.123 e. The van der Waals surface area contributed by atoms with Gasteiger partial charge < -0.3 is 5.73 Å². The zero-order chi connectivity index (χ0) is 10.9. The summed E-state index contributed by atoms with van der Waals surface area (Å²) in [6, 6.07) is 10.2. The van der Waals surface area contributed by atoms with E-state index in [0.717, 1.165) is 16.3 Å². The number of thiazole rings is 1. The van der Waals surface area contributed by atoms with Crippen molar-refractivity contribution in [3.8, 4) is 10.6 Å². The molecule has 4 heteroatoms. The van der Waals surface area contributed by atoms with E-state index in [-0.39, 0.29) is 17.9 Å². The molecule has 0 aliphatic carbocycles. The van der Waals surface area contributed by atoms with Crippen LogP contribution in [0.4, 0.5) is 0 Å². The summed E-state index contributed by atoms with van der Waals surface area (Å²) >= 11 is 1.64. The van der Waals surface area contributed by atoms with Crippen molar-refractivity contribution in [2.75, 3.05) is 0 Å². The largest absolute Gasteiger partial charge is 0.321 e. The molecule has 0 amide bonds. The number of nitrogens with two attached hydrogens (primary N) is 1. The number of aromatic nitrogens is 1. The van der Waals surface area contributed by atoms with E-state index in [4.69, 9.17) is 5.73 Å². The third-order valence-electron chi connectivity index (χ3n) is 2.19. The maximum absolute atomic E-state index is 5.99. The molecule has 0 unspecified atom stereocenters. The summed E-state index contributed by atoms with van der Waals surface area (Å²) in [5.74, 6) is 0. The number of rotatable bonds is 2. The van der Waals surface area contributed by atoms with E-state index in [1.807, 2.05) is 37.4 Å². The summed E-state index contributed by atoms with van der Waals surface area (Å²) < 4.78 is 0. The first-order valence-corrected chi connectivity index (χ1v) is 5.75. The summed E-state index contributed by atoms with van der Waals surface area (Å²) in [5, 5.41) is 3.06. The summed E-state index contributed by atoms with van der Waals surface area (Å²) in [6.07, 6.45) is 0. The molecule has 0 saturated carbocycles. The summed E-state index contributed by atoms with van der Waals surface area (Å²) in [6.45, 7) is 3.94. The molecule has 1 heterocycles. The summed E-state index contributed by atoms with van der Waals surface area (Å²) in [5.41, 5.74) is 7.74. The van der Waals surface area contributed by atoms with Crippen LogP contribution in [0.25, 0.3) is 10.6 Å². The van der Waals surface area contributed by atoms with Crippen molar-refractivity contribution in [3.63, 3.8) is 0 Å². The highest BCUT2D eigenvalue weighted by atomic mass is 35.5. The Balaban J connectivity index is 0.00000128. The van der Waals surface area contributed by atoms with Gasteiger partial charge in [-0.3, -0.25) is 0 Å². The highest BCUT2D eigenvalue weighted by molar-refractivity contribution is 7.13. The molecule has 0 saturated heterocycles. The Morgan fingerprint density at radius 3 is 2.31 bits per heavy atom. The Morgan fingerprint density at radius 1 is 1.19 bits per heavy atom. The predicted molar refractivity (Wildman–Crippen MR) is 72.0 cm³/mol. The van der Waals surface area contributed by atoms with Crippen molar-refractivity contribution >= 4 is 23.7 Å². The van der Waals surface area contributed by atoms with E-state index in [0.29, 0.717) is 0 Å². The topological polar surface area (TPSA) is 38.9 Å². The Kier molecular flexibility index (Phi) is 4.08. The lowest BCUT2D eigenvalue weighted by Gasteiger charge is -2.14. The van der Waals surface area contributed by atoms with Gasteiger partial charge in [0.15, 0.2) is 0 Å². The van der Waals surface area contributed by atoms with E-state index in [9.17, 15) is 0 Å². The first-order chi connectivity index (χ1) is 7.07. The van der Waals surface area contributed by atoms with Crippen molar-refractivity contribution in [3.05, 3.63) is 41.4 Å². The number of hydrogen-bond acceptors (Lipinski definition) is 3. The number of halogens is 1. The second-order valence-corrected chi connectivity index (χ2v) is 4.98. The van der Waals surface area contributed by atoms with Crippen molar-refractivity contribution in [1.29, 1.82) is 0 Å². The molecule has 0 atom stereocenters. The Labute approximate surface area is 106 Å². The standard InChI is InChI=1S/C12H14N2S.ClH/c1-12(2,13)10-8-15-11(14-10)9-6-4-3-5-7-9;/h3-8H,13H2,1-2H3;1H. The predicted octanol–water partition coefficient (Wildman–Crippen LogP) is 3.43. The maximum atomic E-state index is 5.99. The Bertz CT molecular complexity index is 446. The van der Waals surface area contributed by atoms with Crippen LogP contribution in [-0.2, 0) is 5.54 Å². The Morgan fingerprint density at radius 2 is 1.81 bits per heavy atom. The fraction of sp³-hybridized carbons (Fsp3) is 0.250. The molecule has 86 valence electrons. The monoisotopic (exact) mass is 254 g/mol. The van der Waals surface area contributed by atoms with E-state index in [1.54, 1.807) is 11.3 Å². The SMILES string of the molecule is CC(C)(N)c1csc(-c2ccccc2)n1.Cl. The third-order valence-corrected chi connectivity index (χ3v) is 3.08. The van der Waals surface area contributed by atoms with Crippen LogP contribution >= 0.6 is 23.7 Å². The fourth-order valence-electron chi connectivity index (χ4n) is 1.28. The molecule has 2 aromatic rings. The van der Waals surface area contributed by atoms with Gasteiger partial charge in [0.25, 0.3) is 0 Å². The van der Waals surface area contributed by atoms with Gasteiger partial charge in [0.2, 0.25) is 0 Å². The van der Waals surface area contributed by atoms with Crippen molar-refractivity contribution in [2.24, 2.45) is 5.73 Å². The lowest BCUT2D eigenvalue weighted by molar-refractivity contribution is 0.539. The molecule has 0 aliphatic heterocycles. The van der Waals surface area contributed by atoms with Gasteiger partial charge in [0.1, 0.15) is 5.01 Å². The lowest BCUT2D eigenvalue weighted by Crippen LogP contribution is -2.28. The molecule has 1 aromatic carbocycles. The molecule has 0 radical (unpaired) electrons. The molecule has 2 rings (SSSR count). The van der Waals surface area contributed by atoms with Crippen molar-refractivity contribution < 1.29 is 0 Å². The Hall–Kier alpha value is -0.900. The highest BCUT2D eigenvalue weighted by Gasteiger charge is 2.18. The fourth-order valence-corrected chi connectivity index (χ4v) is 2.29. The lowest BCUT2D eigenvalue weighted by atomic mass is 10.0. The van der Waals surface area contributed by atoms with Crippen LogP contribution in [-0.4, -0.2) is 4.98 Å². The van der Waals surface area contributed by atoms with Gasteiger partial charge in [-0.15, -0.1) is 23.7 Å². The molecule has 2 N–H and O–H groups in total. The first-order valence-electron chi connectivity index (χ1n) is 4.88. The molecular formula is C12H15ClN2S. The van der Waals surface area contributed by atoms with Crippen molar-refractivity contribution in [1.82, 2.24) is 4.98 Å². The van der Waals surface area contributed by atoms with Crippen LogP contribution in [0.1, 0.15) is 19.5 Å². The minimum atomic E-state index is -0.358. The van der Waals surface area contributed by atoms with Gasteiger partial charge in [-0.25, -0.2) is 4.98 Å². The number of nitrogens with zero attached hydrogens (tertiary/aromatic N) is 1. The van der Waals surface area contributed by atoms with E-state index < -0.39 is 0 Å². The van der Waals surface area contributed by atoms with Crippen molar-refractivity contribution in [2.45, 2.75) is 19.4 Å². The van der Waals surface area contributed by atoms with Crippen LogP contribution < -0.4 is 5.73 Å². The van der Waals surface area contributed by atoms with Gasteiger partial charge in [-0.05, 0) is 13.8 Å². The highest BCUT2D eigenvalue weighted by Crippen LogP contribution is 2.27. The van der Waals surface area contributed by atoms with Crippen LogP contribution in [0, 0.1) is 0 Å². The van der Waals surface area contributed by atoms with E-state index >= 15 is 0 Å². The second kappa shape index (κ2) is 4.95. The van der Waals surface area contributed by atoms with E-state index in [2.05, 4.69) is 17.1 Å². The van der Waals surface area contributed by atoms with E-state index in [1.165, 1.54) is 0 Å². The first kappa shape index (κ1) is 13.2. The molecule has 16 heavy (non-hydrogen) atoms. The normalized spacial score (nSPS) is 10.9. The molecule has 2 nitrogen and oxygen atoms in total.